The average molecular weight is 722 g/mol. The van der Waals surface area contributed by atoms with Gasteiger partial charge in [-0.2, -0.15) is 0 Å². The molecule has 2 fully saturated rings. The molecule has 1 aromatic heterocycles. The van der Waals surface area contributed by atoms with Crippen molar-refractivity contribution in [2.45, 2.75) is 75.8 Å². The van der Waals surface area contributed by atoms with Crippen molar-refractivity contribution in [2.24, 2.45) is 5.92 Å². The molecule has 0 radical (unpaired) electrons. The van der Waals surface area contributed by atoms with Crippen LogP contribution in [0.25, 0.3) is 11.3 Å². The van der Waals surface area contributed by atoms with Crippen molar-refractivity contribution in [3.63, 3.8) is 0 Å². The zero-order valence-corrected chi connectivity index (χ0v) is 28.7. The lowest BCUT2D eigenvalue weighted by Crippen LogP contribution is -2.67. The number of hydrogen-bond acceptors (Lipinski definition) is 15. The third-order valence-electron chi connectivity index (χ3n) is 8.36. The molecular formula is C33H47N5O13. The van der Waals surface area contributed by atoms with Gasteiger partial charge in [-0.25, -0.2) is 4.68 Å². The van der Waals surface area contributed by atoms with Crippen molar-refractivity contribution in [1.82, 2.24) is 25.6 Å². The fourth-order valence-corrected chi connectivity index (χ4v) is 5.56. The number of benzene rings is 1. The van der Waals surface area contributed by atoms with E-state index in [1.54, 1.807) is 17.8 Å². The maximum Gasteiger partial charge on any atom is 0.252 e. The topological polar surface area (TPSA) is 234 Å². The molecule has 0 bridgehead atoms. The van der Waals surface area contributed by atoms with Gasteiger partial charge in [0.05, 0.1) is 58.0 Å². The van der Waals surface area contributed by atoms with Crippen molar-refractivity contribution in [3.05, 3.63) is 36.0 Å². The molecule has 0 spiro atoms. The molecule has 0 saturated carbocycles. The number of aromatic nitrogens is 3. The number of carbonyl (C=O) groups excluding carboxylic acids is 2. The quantitative estimate of drug-likeness (QED) is 0.0705. The lowest BCUT2D eigenvalue weighted by atomic mass is 9.88. The van der Waals surface area contributed by atoms with Gasteiger partial charge >= 0.3 is 0 Å². The Bertz CT molecular complexity index is 1420. The second kappa shape index (κ2) is 19.9. The number of hydrogen-bond donors (Lipinski definition) is 6. The number of nitrogens with zero attached hydrogens (tertiary/aromatic N) is 3. The number of nitrogens with one attached hydrogen (secondary N) is 2. The first-order chi connectivity index (χ1) is 24.6. The first kappa shape index (κ1) is 40.2. The number of methoxy groups -OCH3 is 1. The molecule has 282 valence electrons. The Balaban J connectivity index is 1.17. The van der Waals surface area contributed by atoms with Gasteiger partial charge in [0, 0.05) is 37.6 Å². The predicted molar refractivity (Wildman–Crippen MR) is 175 cm³/mol. The summed E-state index contributed by atoms with van der Waals surface area (Å²) in [4.78, 5) is 25.1. The Labute approximate surface area is 295 Å². The molecule has 18 heteroatoms. The number of amides is 2. The largest absolute Gasteiger partial charge is 0.394 e. The van der Waals surface area contributed by atoms with E-state index < -0.39 is 79.6 Å². The van der Waals surface area contributed by atoms with Crippen LogP contribution in [0.1, 0.15) is 19.4 Å². The molecule has 1 aromatic carbocycles. The van der Waals surface area contributed by atoms with Crippen molar-refractivity contribution >= 4 is 11.8 Å². The van der Waals surface area contributed by atoms with Crippen LogP contribution < -0.4 is 10.6 Å². The van der Waals surface area contributed by atoms with E-state index in [9.17, 15) is 30.0 Å². The fraction of sp³-hybridized carbons (Fsp3) is 0.636. The first-order valence-electron chi connectivity index (χ1n) is 16.5. The highest BCUT2D eigenvalue weighted by atomic mass is 16.7. The van der Waals surface area contributed by atoms with Crippen molar-refractivity contribution < 1.29 is 63.2 Å². The Morgan fingerprint density at radius 1 is 0.980 bits per heavy atom. The number of rotatable bonds is 18. The summed E-state index contributed by atoms with van der Waals surface area (Å²) in [5, 5.41) is 55.2. The van der Waals surface area contributed by atoms with Crippen LogP contribution in [0.3, 0.4) is 0 Å². The van der Waals surface area contributed by atoms with Crippen LogP contribution in [0, 0.1) is 18.3 Å². The van der Waals surface area contributed by atoms with E-state index >= 15 is 0 Å². The Hall–Kier alpha value is -3.58. The molecule has 10 unspecified atom stereocenters. The van der Waals surface area contributed by atoms with Gasteiger partial charge in [0.25, 0.3) is 5.91 Å². The van der Waals surface area contributed by atoms with Crippen LogP contribution in [-0.2, 0) is 49.5 Å². The molecule has 51 heavy (non-hydrogen) atoms. The number of ether oxygens (including phenoxy) is 7. The van der Waals surface area contributed by atoms with Crippen LogP contribution in [0.15, 0.2) is 30.5 Å². The molecule has 0 aliphatic carbocycles. The van der Waals surface area contributed by atoms with E-state index in [1.165, 1.54) is 14.0 Å². The zero-order chi connectivity index (χ0) is 36.9. The standard InChI is InChI=1S/C33H47N5O13/c1-5-21-6-8-22(9-7-21)23-16-38(37-36-23)18-48-15-14-47-13-12-46-11-10-34-31(44)30-29(27(42)28(43)33(45-4)51-30)50-32-25(35-20(3)40)19(2)26(41)24(17-39)49-32/h1,6-9,16,19,24-30,32-33,39,41-43H,10-15,17-18H2,2-4H3,(H,34,44)(H,35,40). The Morgan fingerprint density at radius 3 is 2.31 bits per heavy atom. The minimum atomic E-state index is -1.68. The Kier molecular flexibility index (Phi) is 15.7. The Morgan fingerprint density at radius 2 is 1.67 bits per heavy atom. The molecular weight excluding hydrogens is 674 g/mol. The lowest BCUT2D eigenvalue weighted by molar-refractivity contribution is -0.333. The second-order valence-electron chi connectivity index (χ2n) is 12.0. The minimum absolute atomic E-state index is 0.0586. The minimum Gasteiger partial charge on any atom is -0.394 e. The highest BCUT2D eigenvalue weighted by Crippen LogP contribution is 2.31. The summed E-state index contributed by atoms with van der Waals surface area (Å²) in [6.07, 6.45) is -4.02. The molecule has 6 N–H and O–H groups in total. The van der Waals surface area contributed by atoms with Gasteiger partial charge in [0.1, 0.15) is 36.8 Å². The molecule has 3 heterocycles. The molecule has 2 saturated heterocycles. The van der Waals surface area contributed by atoms with Crippen LogP contribution >= 0.6 is 0 Å². The summed E-state index contributed by atoms with van der Waals surface area (Å²) in [6, 6.07) is 6.49. The van der Waals surface area contributed by atoms with Gasteiger partial charge in [-0.3, -0.25) is 9.59 Å². The van der Waals surface area contributed by atoms with E-state index in [0.717, 1.165) is 11.1 Å². The monoisotopic (exact) mass is 721 g/mol. The van der Waals surface area contributed by atoms with Gasteiger partial charge in [-0.05, 0) is 12.1 Å². The van der Waals surface area contributed by atoms with Gasteiger partial charge in [-0.1, -0.05) is 30.2 Å². The molecule has 4 rings (SSSR count). The number of aliphatic hydroxyl groups excluding tert-OH is 4. The van der Waals surface area contributed by atoms with Gasteiger partial charge < -0.3 is 64.2 Å². The number of carbonyl (C=O) groups is 2. The molecule has 2 aliphatic heterocycles. The molecule has 18 nitrogen and oxygen atoms in total. The van der Waals surface area contributed by atoms with Crippen LogP contribution in [0.2, 0.25) is 0 Å². The summed E-state index contributed by atoms with van der Waals surface area (Å²) < 4.78 is 40.6. The third kappa shape index (κ3) is 11.0. The number of terminal acetylenes is 1. The van der Waals surface area contributed by atoms with Crippen molar-refractivity contribution in [2.75, 3.05) is 53.3 Å². The average Bonchev–Trinajstić information content (AvgIpc) is 3.61. The second-order valence-corrected chi connectivity index (χ2v) is 12.0. The maximum absolute atomic E-state index is 13.2. The van der Waals surface area contributed by atoms with Crippen molar-refractivity contribution in [1.29, 1.82) is 0 Å². The van der Waals surface area contributed by atoms with Crippen LogP contribution in [0.4, 0.5) is 0 Å². The normalized spacial score (nSPS) is 29.3. The summed E-state index contributed by atoms with van der Waals surface area (Å²) >= 11 is 0. The van der Waals surface area contributed by atoms with Gasteiger partial charge in [0.15, 0.2) is 18.7 Å². The lowest BCUT2D eigenvalue weighted by Gasteiger charge is -2.47. The number of aliphatic hydroxyl groups is 4. The van der Waals surface area contributed by atoms with E-state index in [0.29, 0.717) is 18.9 Å². The molecule has 2 aliphatic rings. The summed E-state index contributed by atoms with van der Waals surface area (Å²) in [6.45, 7) is 3.84. The van der Waals surface area contributed by atoms with E-state index in [2.05, 4.69) is 26.9 Å². The summed E-state index contributed by atoms with van der Waals surface area (Å²) in [7, 11) is 1.24. The smallest absolute Gasteiger partial charge is 0.252 e. The first-order valence-corrected chi connectivity index (χ1v) is 16.5. The molecule has 2 amide bonds. The fourth-order valence-electron chi connectivity index (χ4n) is 5.56. The SMILES string of the molecule is C#Cc1ccc(-c2cn(COCCOCCOCCNC(=O)C3OC(OC)C(O)C(O)C3OC3OC(CO)C(O)C(C)C3NC(C)=O)nn2)cc1. The molecule has 2 aromatic rings. The highest BCUT2D eigenvalue weighted by Gasteiger charge is 2.52. The van der Waals surface area contributed by atoms with E-state index in [4.69, 9.17) is 39.6 Å². The maximum atomic E-state index is 13.2. The molecule has 10 atom stereocenters. The van der Waals surface area contributed by atoms with Crippen LogP contribution in [0.5, 0.6) is 0 Å². The van der Waals surface area contributed by atoms with Crippen LogP contribution in [-0.4, -0.2) is 156 Å². The third-order valence-corrected chi connectivity index (χ3v) is 8.36. The predicted octanol–water partition coefficient (Wildman–Crippen LogP) is -2.25. The van der Waals surface area contributed by atoms with E-state index in [1.807, 2.05) is 24.3 Å². The van der Waals surface area contributed by atoms with Gasteiger partial charge in [0.2, 0.25) is 5.91 Å². The summed E-state index contributed by atoms with van der Waals surface area (Å²) in [5.41, 5.74) is 2.36. The summed E-state index contributed by atoms with van der Waals surface area (Å²) in [5.74, 6) is 0.766. The van der Waals surface area contributed by atoms with Crippen molar-refractivity contribution in [3.8, 4) is 23.6 Å². The zero-order valence-electron chi connectivity index (χ0n) is 28.7. The highest BCUT2D eigenvalue weighted by molar-refractivity contribution is 5.81. The van der Waals surface area contributed by atoms with E-state index in [-0.39, 0.29) is 33.1 Å². The van der Waals surface area contributed by atoms with Gasteiger partial charge in [-0.15, -0.1) is 11.5 Å².